The van der Waals surface area contributed by atoms with Crippen LogP contribution in [0.4, 0.5) is 10.1 Å². The number of nitrogens with one attached hydrogen (secondary N) is 1. The third-order valence-electron chi connectivity index (χ3n) is 2.98. The molecule has 122 valence electrons. The number of halogens is 1. The maximum atomic E-state index is 12.9. The lowest BCUT2D eigenvalue weighted by molar-refractivity contribution is 0.442. The van der Waals surface area contributed by atoms with Crippen LogP contribution in [-0.4, -0.2) is 18.4 Å². The van der Waals surface area contributed by atoms with Gasteiger partial charge >= 0.3 is 6.01 Å². The largest absolute Gasteiger partial charge is 0.424 e. The molecule has 1 N–H and O–H groups in total. The number of hydrogen-bond acceptors (Lipinski definition) is 5. The molecule has 0 unspecified atom stereocenters. The number of aromatic nitrogens is 2. The molecule has 0 saturated carbocycles. The van der Waals surface area contributed by atoms with Crippen molar-refractivity contribution in [2.45, 2.75) is 4.90 Å². The standard InChI is InChI=1S/C16H12FN3O3S/c17-12-2-8-15(9-3-12)24(21,22)20-13-4-6-14(7-5-13)23-16-18-10-1-11-19-16/h1-11,20H. The van der Waals surface area contributed by atoms with Gasteiger partial charge in [0.2, 0.25) is 0 Å². The molecular formula is C16H12FN3O3S. The number of sulfonamides is 1. The highest BCUT2D eigenvalue weighted by Crippen LogP contribution is 2.22. The molecule has 0 bridgehead atoms. The second-order valence-corrected chi connectivity index (χ2v) is 6.40. The van der Waals surface area contributed by atoms with Gasteiger partial charge in [-0.3, -0.25) is 4.72 Å². The summed E-state index contributed by atoms with van der Waals surface area (Å²) in [6, 6.07) is 12.7. The van der Waals surface area contributed by atoms with Crippen LogP contribution in [-0.2, 0) is 10.0 Å². The van der Waals surface area contributed by atoms with Gasteiger partial charge in [0.1, 0.15) is 11.6 Å². The van der Waals surface area contributed by atoms with Crippen LogP contribution in [0.3, 0.4) is 0 Å². The van der Waals surface area contributed by atoms with E-state index < -0.39 is 15.8 Å². The first-order valence-corrected chi connectivity index (χ1v) is 8.34. The third-order valence-corrected chi connectivity index (χ3v) is 4.38. The van der Waals surface area contributed by atoms with Gasteiger partial charge in [-0.1, -0.05) is 0 Å². The molecule has 0 aliphatic rings. The average Bonchev–Trinajstić information content (AvgIpc) is 2.58. The molecule has 0 amide bonds. The molecule has 0 saturated heterocycles. The van der Waals surface area contributed by atoms with Crippen molar-refractivity contribution in [2.24, 2.45) is 0 Å². The number of nitrogens with zero attached hydrogens (tertiary/aromatic N) is 2. The van der Waals surface area contributed by atoms with E-state index in [2.05, 4.69) is 14.7 Å². The number of benzene rings is 2. The van der Waals surface area contributed by atoms with Gasteiger partial charge < -0.3 is 4.74 Å². The third kappa shape index (κ3) is 3.85. The van der Waals surface area contributed by atoms with Crippen LogP contribution >= 0.6 is 0 Å². The zero-order chi connectivity index (χ0) is 17.0. The Balaban J connectivity index is 1.73. The van der Waals surface area contributed by atoms with Crippen LogP contribution in [0.5, 0.6) is 11.8 Å². The van der Waals surface area contributed by atoms with E-state index in [9.17, 15) is 12.8 Å². The fourth-order valence-corrected chi connectivity index (χ4v) is 2.92. The fraction of sp³-hybridized carbons (Fsp3) is 0. The normalized spacial score (nSPS) is 11.0. The van der Waals surface area contributed by atoms with Crippen molar-refractivity contribution in [1.29, 1.82) is 0 Å². The van der Waals surface area contributed by atoms with Crippen LogP contribution in [0.25, 0.3) is 0 Å². The summed E-state index contributed by atoms with van der Waals surface area (Å²) < 4.78 is 45.1. The molecule has 8 heteroatoms. The summed E-state index contributed by atoms with van der Waals surface area (Å²) in [5.41, 5.74) is 0.348. The van der Waals surface area contributed by atoms with E-state index in [1.807, 2.05) is 0 Å². The zero-order valence-electron chi connectivity index (χ0n) is 12.3. The Morgan fingerprint density at radius 1 is 0.917 bits per heavy atom. The first-order valence-electron chi connectivity index (χ1n) is 6.86. The maximum absolute atomic E-state index is 12.9. The van der Waals surface area contributed by atoms with Crippen LogP contribution in [0.15, 0.2) is 71.9 Å². The van der Waals surface area contributed by atoms with Crippen molar-refractivity contribution >= 4 is 15.7 Å². The van der Waals surface area contributed by atoms with Gasteiger partial charge in [-0.15, -0.1) is 0 Å². The van der Waals surface area contributed by atoms with E-state index in [1.54, 1.807) is 42.7 Å². The average molecular weight is 345 g/mol. The minimum absolute atomic E-state index is 0.0260. The monoisotopic (exact) mass is 345 g/mol. The Morgan fingerprint density at radius 3 is 2.17 bits per heavy atom. The van der Waals surface area contributed by atoms with Crippen LogP contribution in [0.1, 0.15) is 0 Å². The summed E-state index contributed by atoms with van der Waals surface area (Å²) in [7, 11) is -3.78. The lowest BCUT2D eigenvalue weighted by atomic mass is 10.3. The molecule has 3 rings (SSSR count). The summed E-state index contributed by atoms with van der Waals surface area (Å²) in [5, 5.41) is 0. The molecule has 3 aromatic rings. The first kappa shape index (κ1) is 15.9. The number of rotatable bonds is 5. The summed E-state index contributed by atoms with van der Waals surface area (Å²) >= 11 is 0. The van der Waals surface area contributed by atoms with Crippen molar-refractivity contribution in [3.63, 3.8) is 0 Å². The molecule has 6 nitrogen and oxygen atoms in total. The lowest BCUT2D eigenvalue weighted by Gasteiger charge is -2.09. The fourth-order valence-electron chi connectivity index (χ4n) is 1.86. The van der Waals surface area contributed by atoms with E-state index in [4.69, 9.17) is 4.74 Å². The number of ether oxygens (including phenoxy) is 1. The number of anilines is 1. The second-order valence-electron chi connectivity index (χ2n) is 4.72. The summed E-state index contributed by atoms with van der Waals surface area (Å²) in [4.78, 5) is 7.83. The topological polar surface area (TPSA) is 81.2 Å². The van der Waals surface area contributed by atoms with Crippen molar-refractivity contribution in [2.75, 3.05) is 4.72 Å². The minimum Gasteiger partial charge on any atom is -0.424 e. The molecule has 0 radical (unpaired) electrons. The maximum Gasteiger partial charge on any atom is 0.321 e. The Labute approximate surface area is 138 Å². The predicted molar refractivity (Wildman–Crippen MR) is 85.8 cm³/mol. The molecule has 2 aromatic carbocycles. The van der Waals surface area contributed by atoms with E-state index in [1.165, 1.54) is 12.1 Å². The van der Waals surface area contributed by atoms with Crippen molar-refractivity contribution in [3.8, 4) is 11.8 Å². The Morgan fingerprint density at radius 2 is 1.54 bits per heavy atom. The summed E-state index contributed by atoms with van der Waals surface area (Å²) in [6.45, 7) is 0. The smallest absolute Gasteiger partial charge is 0.321 e. The Bertz CT molecular complexity index is 915. The van der Waals surface area contributed by atoms with Crippen LogP contribution in [0.2, 0.25) is 0 Å². The lowest BCUT2D eigenvalue weighted by Crippen LogP contribution is -2.12. The van der Waals surface area contributed by atoms with E-state index >= 15 is 0 Å². The highest BCUT2D eigenvalue weighted by Gasteiger charge is 2.14. The van der Waals surface area contributed by atoms with Crippen molar-refractivity contribution in [1.82, 2.24) is 9.97 Å². The molecule has 0 atom stereocenters. The first-order chi connectivity index (χ1) is 11.5. The Hall–Kier alpha value is -3.00. The van der Waals surface area contributed by atoms with Crippen molar-refractivity contribution in [3.05, 3.63) is 72.8 Å². The van der Waals surface area contributed by atoms with E-state index in [0.29, 0.717) is 11.4 Å². The summed E-state index contributed by atoms with van der Waals surface area (Å²) in [5.74, 6) is -0.0375. The van der Waals surface area contributed by atoms with E-state index in [-0.39, 0.29) is 10.9 Å². The SMILES string of the molecule is O=S(=O)(Nc1ccc(Oc2ncccn2)cc1)c1ccc(F)cc1. The minimum atomic E-state index is -3.78. The predicted octanol–water partition coefficient (Wildman–Crippen LogP) is 3.21. The van der Waals surface area contributed by atoms with Gasteiger partial charge in [-0.2, -0.15) is 0 Å². The quantitative estimate of drug-likeness (QED) is 0.768. The van der Waals surface area contributed by atoms with Crippen molar-refractivity contribution < 1.29 is 17.5 Å². The van der Waals surface area contributed by atoms with Gasteiger partial charge in [0, 0.05) is 18.1 Å². The molecule has 1 aromatic heterocycles. The molecule has 0 aliphatic carbocycles. The van der Waals surface area contributed by atoms with Gasteiger partial charge in [0.15, 0.2) is 0 Å². The highest BCUT2D eigenvalue weighted by atomic mass is 32.2. The second kappa shape index (κ2) is 6.63. The molecular weight excluding hydrogens is 333 g/mol. The van der Waals surface area contributed by atoms with Gasteiger partial charge in [0.05, 0.1) is 4.90 Å². The van der Waals surface area contributed by atoms with Gasteiger partial charge in [-0.05, 0) is 54.6 Å². The van der Waals surface area contributed by atoms with Crippen LogP contribution < -0.4 is 9.46 Å². The highest BCUT2D eigenvalue weighted by molar-refractivity contribution is 7.92. The van der Waals surface area contributed by atoms with E-state index in [0.717, 1.165) is 12.1 Å². The molecule has 0 aliphatic heterocycles. The van der Waals surface area contributed by atoms with Gasteiger partial charge in [0.25, 0.3) is 10.0 Å². The molecule has 24 heavy (non-hydrogen) atoms. The molecule has 0 spiro atoms. The van der Waals surface area contributed by atoms with Crippen LogP contribution in [0, 0.1) is 5.82 Å². The Kier molecular flexibility index (Phi) is 4.39. The van der Waals surface area contributed by atoms with Gasteiger partial charge in [-0.25, -0.2) is 22.8 Å². The number of hydrogen-bond donors (Lipinski definition) is 1. The zero-order valence-corrected chi connectivity index (χ0v) is 13.1. The molecule has 1 heterocycles. The molecule has 0 fully saturated rings. The summed E-state index contributed by atoms with van der Waals surface area (Å²) in [6.07, 6.45) is 3.10.